The van der Waals surface area contributed by atoms with Gasteiger partial charge in [-0.15, -0.1) is 23.0 Å². The Labute approximate surface area is 769 Å². The SMILES string of the molecule is C.C.CCCCCC/C=C/CCCCCCCCCCCCCC(=O)OCC[S-].CCCCCC/C=C/CCCCCCCCCCCCCC(=O)OCC[S-].CCCCCC/C=C/CCCCCCCCCCCCCC(=O)OCC[S-].CCCCCC/C=C/CCCCCCCCCCCCCC(=O)OCC[S-].S.[Sn+2].[Sn+2]. The molecule has 0 N–H and O–H groups in total. The Kier molecular flexibility index (Phi) is 148. The zero-order valence-electron chi connectivity index (χ0n) is 73.6. The molecule has 668 valence electrons. The normalized spacial score (nSPS) is 10.8. The maximum atomic E-state index is 11.3. The topological polar surface area (TPSA) is 105 Å². The van der Waals surface area contributed by atoms with Crippen LogP contribution >= 0.6 is 13.5 Å². The van der Waals surface area contributed by atoms with Crippen molar-refractivity contribution in [1.29, 1.82) is 0 Å². The van der Waals surface area contributed by atoms with Crippen molar-refractivity contribution in [2.75, 3.05) is 49.4 Å². The van der Waals surface area contributed by atoms with Crippen molar-refractivity contribution in [3.05, 3.63) is 48.6 Å². The van der Waals surface area contributed by atoms with Gasteiger partial charge in [0.15, 0.2) is 0 Å². The molecule has 113 heavy (non-hydrogen) atoms. The Bertz CT molecular complexity index is 1590. The monoisotopic (exact) mass is 1900 g/mol. The summed E-state index contributed by atoms with van der Waals surface area (Å²) in [4.78, 5) is 45.2. The van der Waals surface area contributed by atoms with Gasteiger partial charge in [0.25, 0.3) is 0 Å². The van der Waals surface area contributed by atoms with E-state index < -0.39 is 0 Å². The average molecular weight is 1890 g/mol. The number of ether oxygens (including phenoxy) is 4. The number of unbranched alkanes of at least 4 members (excludes halogenated alkanes) is 60. The predicted molar refractivity (Wildman–Crippen MR) is 520 cm³/mol. The van der Waals surface area contributed by atoms with Crippen LogP contribution in [0.5, 0.6) is 0 Å². The first-order valence-electron chi connectivity index (χ1n) is 46.8. The standard InChI is InChI=1S/4C24H46O2S.2CH4.H2S.2Sn/c4*1-2-3-4-5-6-7-8-9-10-11-12-13-14-15-16-17-18-19-20-21-24(25)26-22-23-27;;;;;/h4*7-8,27H,2-6,9-23H2,1H3;2*1H4;1H2;;/q;;;;;;;2*+2/p-4/b4*8-7+;;;;;. The summed E-state index contributed by atoms with van der Waals surface area (Å²) < 4.78 is 19.9. The summed E-state index contributed by atoms with van der Waals surface area (Å²) in [6.45, 7) is 10.6. The molecule has 0 aromatic carbocycles. The third-order valence-corrected chi connectivity index (χ3v) is 20.6. The summed E-state index contributed by atoms with van der Waals surface area (Å²) in [5, 5.41) is 0. The second kappa shape index (κ2) is 128. The van der Waals surface area contributed by atoms with E-state index in [0.29, 0.717) is 75.1 Å². The Balaban J connectivity index is -0.000000180. The summed E-state index contributed by atoms with van der Waals surface area (Å²) in [5.74, 6) is 1.68. The first-order valence-corrected chi connectivity index (χ1v) is 49.1. The molecule has 0 fully saturated rings. The summed E-state index contributed by atoms with van der Waals surface area (Å²) >= 11 is 19.0. The summed E-state index contributed by atoms with van der Waals surface area (Å²) in [6.07, 6.45) is 111. The van der Waals surface area contributed by atoms with Crippen LogP contribution in [0.15, 0.2) is 48.6 Å². The van der Waals surface area contributed by atoms with E-state index in [1.807, 2.05) is 0 Å². The van der Waals surface area contributed by atoms with Gasteiger partial charge in [0.05, 0.1) is 26.4 Å². The fourth-order valence-corrected chi connectivity index (χ4v) is 13.4. The van der Waals surface area contributed by atoms with Crippen molar-refractivity contribution in [3.63, 3.8) is 0 Å². The molecule has 0 heterocycles. The summed E-state index contributed by atoms with van der Waals surface area (Å²) in [5.41, 5.74) is 0. The van der Waals surface area contributed by atoms with Crippen LogP contribution in [0.2, 0.25) is 0 Å². The zero-order chi connectivity index (χ0) is 79.4. The second-order valence-corrected chi connectivity index (χ2v) is 32.3. The maximum Gasteiger partial charge on any atom is 2.00 e. The van der Waals surface area contributed by atoms with E-state index in [0.717, 1.165) is 51.4 Å². The van der Waals surface area contributed by atoms with Crippen LogP contribution < -0.4 is 0 Å². The number of hydrogen-bond donors (Lipinski definition) is 0. The molecule has 15 heteroatoms. The van der Waals surface area contributed by atoms with Gasteiger partial charge in [0, 0.05) is 25.7 Å². The molecule has 0 spiro atoms. The number of hydrogen-bond acceptors (Lipinski definition) is 12. The van der Waals surface area contributed by atoms with Crippen LogP contribution in [0.3, 0.4) is 0 Å². The largest absolute Gasteiger partial charge is 2.00 e. The molecule has 0 aliphatic carbocycles. The number of esters is 4. The Morgan fingerprint density at radius 3 is 0.416 bits per heavy atom. The van der Waals surface area contributed by atoms with E-state index in [4.69, 9.17) is 69.5 Å². The molecular formula is C98H190O8S5Sn2. The smallest absolute Gasteiger partial charge is 0.789 e. The third-order valence-electron chi connectivity index (χ3n) is 20.0. The Morgan fingerprint density at radius 1 is 0.195 bits per heavy atom. The zero-order valence-corrected chi connectivity index (χ0v) is 83.6. The van der Waals surface area contributed by atoms with Gasteiger partial charge in [0.2, 0.25) is 0 Å². The maximum absolute atomic E-state index is 11.3. The first-order chi connectivity index (χ1) is 53.2. The minimum atomic E-state index is -0.0812. The van der Waals surface area contributed by atoms with Crippen LogP contribution in [0.1, 0.15) is 505 Å². The fourth-order valence-electron chi connectivity index (χ4n) is 13.1. The van der Waals surface area contributed by atoms with Gasteiger partial charge in [0.1, 0.15) is 0 Å². The molecule has 0 aliphatic rings. The van der Waals surface area contributed by atoms with Crippen molar-refractivity contribution in [2.45, 2.75) is 505 Å². The molecule has 0 aromatic rings. The van der Waals surface area contributed by atoms with Crippen LogP contribution in [0.25, 0.3) is 0 Å². The van der Waals surface area contributed by atoms with Crippen LogP contribution in [0.4, 0.5) is 0 Å². The van der Waals surface area contributed by atoms with Gasteiger partial charge in [-0.1, -0.05) is 399 Å². The van der Waals surface area contributed by atoms with Gasteiger partial charge in [-0.05, 0) is 128 Å². The van der Waals surface area contributed by atoms with Crippen molar-refractivity contribution in [3.8, 4) is 0 Å². The van der Waals surface area contributed by atoms with E-state index in [1.54, 1.807) is 0 Å². The molecule has 0 atom stereocenters. The van der Waals surface area contributed by atoms with E-state index in [-0.39, 0.29) is 100 Å². The van der Waals surface area contributed by atoms with Gasteiger partial charge >= 0.3 is 71.7 Å². The van der Waals surface area contributed by atoms with Gasteiger partial charge < -0.3 is 69.5 Å². The van der Waals surface area contributed by atoms with Gasteiger partial charge in [-0.2, -0.15) is 13.5 Å². The van der Waals surface area contributed by atoms with E-state index >= 15 is 0 Å². The number of rotatable bonds is 84. The van der Waals surface area contributed by atoms with Crippen molar-refractivity contribution in [1.82, 2.24) is 0 Å². The average Bonchev–Trinajstić information content (AvgIpc) is 1.34. The molecule has 0 saturated heterocycles. The fraction of sp³-hybridized carbons (Fsp3) is 0.878. The van der Waals surface area contributed by atoms with Crippen molar-refractivity contribution >= 4 is 136 Å². The van der Waals surface area contributed by atoms with Crippen molar-refractivity contribution in [2.24, 2.45) is 0 Å². The molecule has 0 rings (SSSR count). The Morgan fingerprint density at radius 2 is 0.301 bits per heavy atom. The second-order valence-electron chi connectivity index (χ2n) is 30.7. The molecule has 0 aromatic heterocycles. The molecule has 0 amide bonds. The summed E-state index contributed by atoms with van der Waals surface area (Å²) in [6, 6.07) is 0. The molecule has 8 nitrogen and oxygen atoms in total. The van der Waals surface area contributed by atoms with Crippen LogP contribution in [-0.2, 0) is 88.6 Å². The van der Waals surface area contributed by atoms with Gasteiger partial charge in [-0.3, -0.25) is 19.2 Å². The Hall–Kier alpha value is 0.187. The number of allylic oxidation sites excluding steroid dienone is 8. The summed E-state index contributed by atoms with van der Waals surface area (Å²) in [7, 11) is 0. The molecule has 0 saturated carbocycles. The molecule has 0 unspecified atom stereocenters. The van der Waals surface area contributed by atoms with Crippen LogP contribution in [0, 0.1) is 0 Å². The molecule has 4 radical (unpaired) electrons. The van der Waals surface area contributed by atoms with E-state index in [1.165, 1.54) is 385 Å². The number of carbonyl (C=O) groups excluding carboxylic acids is 4. The number of carbonyl (C=O) groups is 4. The van der Waals surface area contributed by atoms with E-state index in [9.17, 15) is 19.2 Å². The molecule has 0 aliphatic heterocycles. The predicted octanol–water partition coefficient (Wildman–Crippen LogP) is 31.3. The van der Waals surface area contributed by atoms with Crippen molar-refractivity contribution < 1.29 is 38.1 Å². The third kappa shape index (κ3) is 136. The minimum Gasteiger partial charge on any atom is -0.789 e. The molecule has 0 bridgehead atoms. The van der Waals surface area contributed by atoms with E-state index in [2.05, 4.69) is 76.3 Å². The quantitative estimate of drug-likeness (QED) is 0.0145. The van der Waals surface area contributed by atoms with Crippen LogP contribution in [-0.4, -0.2) is 121 Å². The first kappa shape index (κ1) is 131. The molecular weight excluding hydrogens is 1700 g/mol. The minimum absolute atomic E-state index is 0. The van der Waals surface area contributed by atoms with Gasteiger partial charge in [-0.25, -0.2) is 0 Å².